The Kier molecular flexibility index (Phi) is 4.98. The number of hydrogen-bond acceptors (Lipinski definition) is 4. The number of aryl methyl sites for hydroxylation is 1. The molecule has 0 spiro atoms. The minimum atomic E-state index is 0.120. The Hall–Kier alpha value is -1.81. The molecule has 1 N–H and O–H groups in total. The fourth-order valence-electron chi connectivity index (χ4n) is 1.99. The second-order valence-electron chi connectivity index (χ2n) is 4.58. The van der Waals surface area contributed by atoms with Crippen LogP contribution in [-0.4, -0.2) is 21.5 Å². The van der Waals surface area contributed by atoms with Crippen LogP contribution in [0.2, 0.25) is 0 Å². The molecule has 0 aliphatic rings. The molecule has 2 aromatic rings. The van der Waals surface area contributed by atoms with Gasteiger partial charge in [0.15, 0.2) is 0 Å². The summed E-state index contributed by atoms with van der Waals surface area (Å²) in [4.78, 5) is 13.2. The number of rotatable bonds is 6. The normalized spacial score (nSPS) is 12.3. The predicted molar refractivity (Wildman–Crippen MR) is 75.7 cm³/mol. The van der Waals surface area contributed by atoms with E-state index in [9.17, 15) is 0 Å². The molecule has 0 aliphatic heterocycles. The Morgan fingerprint density at radius 1 is 1.11 bits per heavy atom. The van der Waals surface area contributed by atoms with Gasteiger partial charge in [0.1, 0.15) is 5.82 Å². The van der Waals surface area contributed by atoms with Gasteiger partial charge >= 0.3 is 0 Å². The maximum absolute atomic E-state index is 4.46. The molecule has 100 valence electrons. The van der Waals surface area contributed by atoms with Crippen LogP contribution in [0.5, 0.6) is 0 Å². The molecule has 1 unspecified atom stereocenters. The lowest BCUT2D eigenvalue weighted by molar-refractivity contribution is 0.499. The third-order valence-corrected chi connectivity index (χ3v) is 3.05. The molecule has 2 aromatic heterocycles. The minimum absolute atomic E-state index is 0.120. The highest BCUT2D eigenvalue weighted by molar-refractivity contribution is 5.19. The number of hydrogen-bond donors (Lipinski definition) is 1. The van der Waals surface area contributed by atoms with E-state index in [2.05, 4.69) is 40.2 Å². The van der Waals surface area contributed by atoms with E-state index >= 15 is 0 Å². The van der Waals surface area contributed by atoms with Crippen LogP contribution >= 0.6 is 0 Å². The first-order chi connectivity index (χ1) is 9.31. The number of nitrogens with zero attached hydrogens (tertiary/aromatic N) is 3. The average molecular weight is 256 g/mol. The molecule has 19 heavy (non-hydrogen) atoms. The van der Waals surface area contributed by atoms with Gasteiger partial charge in [0.25, 0.3) is 0 Å². The van der Waals surface area contributed by atoms with E-state index in [0.717, 1.165) is 30.9 Å². The van der Waals surface area contributed by atoms with E-state index < -0.39 is 0 Å². The van der Waals surface area contributed by atoms with Crippen molar-refractivity contribution in [2.75, 3.05) is 6.54 Å². The van der Waals surface area contributed by atoms with E-state index in [4.69, 9.17) is 0 Å². The molecule has 0 radical (unpaired) electrons. The van der Waals surface area contributed by atoms with Gasteiger partial charge in [0, 0.05) is 30.7 Å². The lowest BCUT2D eigenvalue weighted by Gasteiger charge is -2.17. The van der Waals surface area contributed by atoms with Crippen molar-refractivity contribution in [2.24, 2.45) is 0 Å². The number of aromatic nitrogens is 3. The predicted octanol–water partition coefficient (Wildman–Crippen LogP) is 2.46. The van der Waals surface area contributed by atoms with Gasteiger partial charge in [0.2, 0.25) is 0 Å². The summed E-state index contributed by atoms with van der Waals surface area (Å²) in [5.41, 5.74) is 2.31. The highest BCUT2D eigenvalue weighted by Gasteiger charge is 2.15. The van der Waals surface area contributed by atoms with Crippen LogP contribution in [0.4, 0.5) is 0 Å². The van der Waals surface area contributed by atoms with Crippen LogP contribution in [-0.2, 0) is 6.42 Å². The molecule has 0 bridgehead atoms. The van der Waals surface area contributed by atoms with Crippen LogP contribution in [0, 0.1) is 6.92 Å². The number of pyridine rings is 1. The fourth-order valence-corrected chi connectivity index (χ4v) is 1.99. The second-order valence-corrected chi connectivity index (χ2v) is 4.58. The minimum Gasteiger partial charge on any atom is -0.307 e. The van der Waals surface area contributed by atoms with Crippen LogP contribution in [0.3, 0.4) is 0 Å². The van der Waals surface area contributed by atoms with Crippen LogP contribution in [0.1, 0.15) is 36.5 Å². The highest BCUT2D eigenvalue weighted by Crippen LogP contribution is 2.15. The van der Waals surface area contributed by atoms with Gasteiger partial charge in [-0.05, 0) is 37.6 Å². The van der Waals surface area contributed by atoms with Crippen molar-refractivity contribution in [1.82, 2.24) is 20.3 Å². The van der Waals surface area contributed by atoms with E-state index in [1.807, 2.05) is 18.3 Å². The van der Waals surface area contributed by atoms with Gasteiger partial charge < -0.3 is 5.32 Å². The van der Waals surface area contributed by atoms with Crippen LogP contribution < -0.4 is 5.32 Å². The van der Waals surface area contributed by atoms with Crippen molar-refractivity contribution in [3.63, 3.8) is 0 Å². The van der Waals surface area contributed by atoms with Crippen LogP contribution in [0.15, 0.2) is 36.8 Å². The van der Waals surface area contributed by atoms with Gasteiger partial charge in [-0.3, -0.25) is 4.98 Å². The summed E-state index contributed by atoms with van der Waals surface area (Å²) >= 11 is 0. The topological polar surface area (TPSA) is 50.7 Å². The Bertz CT molecular complexity index is 499. The standard InChI is InChI=1S/C15H20N4/c1-3-7-16-14(15-18-9-5-10-19-15)11-13-12(2)6-4-8-17-13/h4-6,8-10,14,16H,3,7,11H2,1-2H3. The Morgan fingerprint density at radius 2 is 1.84 bits per heavy atom. The third-order valence-electron chi connectivity index (χ3n) is 3.05. The second kappa shape index (κ2) is 6.95. The molecule has 0 saturated carbocycles. The maximum atomic E-state index is 4.46. The summed E-state index contributed by atoms with van der Waals surface area (Å²) in [6.07, 6.45) is 7.31. The van der Waals surface area contributed by atoms with Gasteiger partial charge in [-0.1, -0.05) is 13.0 Å². The first-order valence-corrected chi connectivity index (χ1v) is 6.72. The fraction of sp³-hybridized carbons (Fsp3) is 0.400. The molecular weight excluding hydrogens is 236 g/mol. The SMILES string of the molecule is CCCNC(Cc1ncccc1C)c1ncccn1. The summed E-state index contributed by atoms with van der Waals surface area (Å²) in [5.74, 6) is 0.834. The van der Waals surface area contributed by atoms with E-state index in [0.29, 0.717) is 0 Å². The van der Waals surface area contributed by atoms with Gasteiger partial charge in [0.05, 0.1) is 6.04 Å². The average Bonchev–Trinajstić information content (AvgIpc) is 2.46. The monoisotopic (exact) mass is 256 g/mol. The van der Waals surface area contributed by atoms with Crippen molar-refractivity contribution >= 4 is 0 Å². The van der Waals surface area contributed by atoms with Crippen molar-refractivity contribution < 1.29 is 0 Å². The van der Waals surface area contributed by atoms with E-state index in [1.165, 1.54) is 5.56 Å². The smallest absolute Gasteiger partial charge is 0.145 e. The number of nitrogens with one attached hydrogen (secondary N) is 1. The zero-order chi connectivity index (χ0) is 13.5. The molecule has 0 aromatic carbocycles. The Balaban J connectivity index is 2.17. The lowest BCUT2D eigenvalue weighted by Crippen LogP contribution is -2.26. The van der Waals surface area contributed by atoms with Crippen molar-refractivity contribution in [1.29, 1.82) is 0 Å². The lowest BCUT2D eigenvalue weighted by atomic mass is 10.1. The largest absolute Gasteiger partial charge is 0.307 e. The molecular formula is C15H20N4. The molecule has 4 heteroatoms. The molecule has 2 heterocycles. The first kappa shape index (κ1) is 13.6. The molecule has 2 rings (SSSR count). The summed E-state index contributed by atoms with van der Waals surface area (Å²) in [7, 11) is 0. The van der Waals surface area contributed by atoms with E-state index in [-0.39, 0.29) is 6.04 Å². The zero-order valence-corrected chi connectivity index (χ0v) is 11.5. The van der Waals surface area contributed by atoms with Gasteiger partial charge in [-0.2, -0.15) is 0 Å². The third kappa shape index (κ3) is 3.83. The van der Waals surface area contributed by atoms with Crippen molar-refractivity contribution in [2.45, 2.75) is 32.7 Å². The Labute approximate surface area is 114 Å². The summed E-state index contributed by atoms with van der Waals surface area (Å²) in [6, 6.07) is 6.01. The molecule has 0 fully saturated rings. The summed E-state index contributed by atoms with van der Waals surface area (Å²) in [6.45, 7) is 5.20. The molecule has 0 saturated heterocycles. The summed E-state index contributed by atoms with van der Waals surface area (Å²) in [5, 5.41) is 3.50. The van der Waals surface area contributed by atoms with Gasteiger partial charge in [-0.25, -0.2) is 9.97 Å². The van der Waals surface area contributed by atoms with Crippen LogP contribution in [0.25, 0.3) is 0 Å². The molecule has 1 atom stereocenters. The molecule has 4 nitrogen and oxygen atoms in total. The molecule has 0 aliphatic carbocycles. The quantitative estimate of drug-likeness (QED) is 0.862. The zero-order valence-electron chi connectivity index (χ0n) is 11.5. The van der Waals surface area contributed by atoms with Crippen molar-refractivity contribution in [3.8, 4) is 0 Å². The summed E-state index contributed by atoms with van der Waals surface area (Å²) < 4.78 is 0. The molecule has 0 amide bonds. The van der Waals surface area contributed by atoms with Gasteiger partial charge in [-0.15, -0.1) is 0 Å². The Morgan fingerprint density at radius 3 is 2.53 bits per heavy atom. The highest BCUT2D eigenvalue weighted by atomic mass is 15.0. The van der Waals surface area contributed by atoms with Crippen molar-refractivity contribution in [3.05, 3.63) is 53.9 Å². The van der Waals surface area contributed by atoms with E-state index in [1.54, 1.807) is 12.4 Å². The first-order valence-electron chi connectivity index (χ1n) is 6.72. The maximum Gasteiger partial charge on any atom is 0.145 e.